The van der Waals surface area contributed by atoms with Gasteiger partial charge in [-0.1, -0.05) is 11.6 Å². The van der Waals surface area contributed by atoms with Gasteiger partial charge in [-0.05, 0) is 12.1 Å². The Morgan fingerprint density at radius 3 is 2.92 bits per heavy atom. The van der Waals surface area contributed by atoms with Crippen molar-refractivity contribution < 1.29 is 9.53 Å². The van der Waals surface area contributed by atoms with Crippen molar-refractivity contribution in [3.63, 3.8) is 0 Å². The molecule has 4 rings (SSSR count). The van der Waals surface area contributed by atoms with E-state index in [1.807, 2.05) is 17.0 Å². The monoisotopic (exact) mass is 347 g/mol. The first-order valence-corrected chi connectivity index (χ1v) is 8.40. The molecule has 4 heterocycles. The minimum atomic E-state index is -0.0373. The highest BCUT2D eigenvalue weighted by Gasteiger charge is 2.29. The normalized spacial score (nSPS) is 17.7. The van der Waals surface area contributed by atoms with Crippen molar-refractivity contribution >= 4 is 23.3 Å². The molecule has 1 N–H and O–H groups in total. The number of ether oxygens (including phenoxy) is 1. The van der Waals surface area contributed by atoms with E-state index >= 15 is 0 Å². The van der Waals surface area contributed by atoms with Crippen molar-refractivity contribution in [2.24, 2.45) is 0 Å². The number of halogens is 1. The highest BCUT2D eigenvalue weighted by Crippen LogP contribution is 2.24. The molecule has 0 aliphatic carbocycles. The van der Waals surface area contributed by atoms with Crippen LogP contribution >= 0.6 is 11.6 Å². The highest BCUT2D eigenvalue weighted by molar-refractivity contribution is 6.32. The molecule has 8 heteroatoms. The number of anilines is 1. The number of hydrogen-bond donors (Lipinski definition) is 1. The first-order chi connectivity index (χ1) is 11.7. The Morgan fingerprint density at radius 1 is 1.29 bits per heavy atom. The van der Waals surface area contributed by atoms with Crippen LogP contribution in [-0.2, 0) is 17.8 Å². The second-order valence-corrected chi connectivity index (χ2v) is 6.33. The maximum atomic E-state index is 12.8. The van der Waals surface area contributed by atoms with E-state index in [0.717, 1.165) is 23.5 Å². The second-order valence-electron chi connectivity index (χ2n) is 5.92. The van der Waals surface area contributed by atoms with E-state index < -0.39 is 0 Å². The number of fused-ring (bicyclic) bond motifs is 1. The lowest BCUT2D eigenvalue weighted by Crippen LogP contribution is -2.49. The SMILES string of the molecule is O=C(c1n[nH]c2c1COCC2)N1CCN(c2ncccc2Cl)CC1. The minimum Gasteiger partial charge on any atom is -0.376 e. The van der Waals surface area contributed by atoms with Gasteiger partial charge in [0, 0.05) is 50.1 Å². The highest BCUT2D eigenvalue weighted by atomic mass is 35.5. The molecule has 2 aromatic heterocycles. The fraction of sp³-hybridized carbons (Fsp3) is 0.438. The van der Waals surface area contributed by atoms with Gasteiger partial charge in [0.2, 0.25) is 0 Å². The van der Waals surface area contributed by atoms with E-state index in [9.17, 15) is 4.79 Å². The van der Waals surface area contributed by atoms with E-state index in [1.54, 1.807) is 6.20 Å². The Hall–Kier alpha value is -2.12. The average molecular weight is 348 g/mol. The van der Waals surface area contributed by atoms with E-state index in [4.69, 9.17) is 16.3 Å². The maximum absolute atomic E-state index is 12.8. The maximum Gasteiger partial charge on any atom is 0.274 e. The summed E-state index contributed by atoms with van der Waals surface area (Å²) in [6.45, 7) is 3.77. The molecule has 0 unspecified atom stereocenters. The number of hydrogen-bond acceptors (Lipinski definition) is 5. The third-order valence-corrected chi connectivity index (χ3v) is 4.80. The van der Waals surface area contributed by atoms with Crippen molar-refractivity contribution in [1.82, 2.24) is 20.1 Å². The van der Waals surface area contributed by atoms with E-state index in [-0.39, 0.29) is 5.91 Å². The number of nitrogens with zero attached hydrogens (tertiary/aromatic N) is 4. The van der Waals surface area contributed by atoms with Gasteiger partial charge >= 0.3 is 0 Å². The van der Waals surface area contributed by atoms with Crippen LogP contribution in [0.4, 0.5) is 5.82 Å². The lowest BCUT2D eigenvalue weighted by atomic mass is 10.1. The molecule has 0 radical (unpaired) electrons. The van der Waals surface area contributed by atoms with Crippen molar-refractivity contribution in [3.05, 3.63) is 40.3 Å². The molecule has 24 heavy (non-hydrogen) atoms. The molecule has 2 aliphatic rings. The zero-order valence-electron chi connectivity index (χ0n) is 13.2. The van der Waals surface area contributed by atoms with Gasteiger partial charge in [0.05, 0.1) is 18.2 Å². The standard InChI is InChI=1S/C16H18ClN5O2/c17-12-2-1-4-18-15(12)21-5-7-22(8-6-21)16(23)14-11-10-24-9-3-13(11)19-20-14/h1-2,4H,3,5-10H2,(H,19,20). The third kappa shape index (κ3) is 2.74. The number of amides is 1. The summed E-state index contributed by atoms with van der Waals surface area (Å²) < 4.78 is 5.46. The number of H-pyrrole nitrogens is 1. The molecule has 1 amide bonds. The fourth-order valence-corrected chi connectivity index (χ4v) is 3.41. The van der Waals surface area contributed by atoms with Crippen LogP contribution < -0.4 is 4.90 Å². The number of piperazine rings is 1. The van der Waals surface area contributed by atoms with Crippen LogP contribution in [-0.4, -0.2) is 58.8 Å². The molecule has 0 spiro atoms. The number of pyridine rings is 1. The van der Waals surface area contributed by atoms with Gasteiger partial charge in [-0.3, -0.25) is 9.89 Å². The largest absolute Gasteiger partial charge is 0.376 e. The second kappa shape index (κ2) is 6.41. The van der Waals surface area contributed by atoms with E-state index in [0.29, 0.717) is 50.1 Å². The summed E-state index contributed by atoms with van der Waals surface area (Å²) in [6.07, 6.45) is 2.51. The van der Waals surface area contributed by atoms with Crippen LogP contribution in [0.2, 0.25) is 5.02 Å². The summed E-state index contributed by atoms with van der Waals surface area (Å²) in [4.78, 5) is 21.0. The van der Waals surface area contributed by atoms with Crippen LogP contribution in [0.15, 0.2) is 18.3 Å². The summed E-state index contributed by atoms with van der Waals surface area (Å²) >= 11 is 6.20. The molecule has 7 nitrogen and oxygen atoms in total. The van der Waals surface area contributed by atoms with Crippen LogP contribution in [0.25, 0.3) is 0 Å². The Morgan fingerprint density at radius 2 is 2.12 bits per heavy atom. The molecule has 0 bridgehead atoms. The van der Waals surface area contributed by atoms with Gasteiger partial charge in [0.15, 0.2) is 5.69 Å². The Kier molecular flexibility index (Phi) is 4.12. The molecule has 0 atom stereocenters. The number of carbonyl (C=O) groups is 1. The van der Waals surface area contributed by atoms with Crippen LogP contribution in [0, 0.1) is 0 Å². The average Bonchev–Trinajstić information content (AvgIpc) is 3.06. The number of nitrogens with one attached hydrogen (secondary N) is 1. The van der Waals surface area contributed by atoms with E-state index in [2.05, 4.69) is 20.1 Å². The zero-order chi connectivity index (χ0) is 16.5. The summed E-state index contributed by atoms with van der Waals surface area (Å²) in [6, 6.07) is 3.64. The summed E-state index contributed by atoms with van der Waals surface area (Å²) in [5.41, 5.74) is 2.42. The Balaban J connectivity index is 1.45. The van der Waals surface area contributed by atoms with Crippen LogP contribution in [0.5, 0.6) is 0 Å². The summed E-state index contributed by atoms with van der Waals surface area (Å²) in [5, 5.41) is 7.83. The molecule has 0 saturated carbocycles. The van der Waals surface area contributed by atoms with Gasteiger partial charge in [0.25, 0.3) is 5.91 Å². The lowest BCUT2D eigenvalue weighted by molar-refractivity contribution is 0.0727. The predicted molar refractivity (Wildman–Crippen MR) is 89.3 cm³/mol. The smallest absolute Gasteiger partial charge is 0.274 e. The number of rotatable bonds is 2. The van der Waals surface area contributed by atoms with Crippen LogP contribution in [0.1, 0.15) is 21.7 Å². The first-order valence-electron chi connectivity index (χ1n) is 8.02. The third-order valence-electron chi connectivity index (χ3n) is 4.50. The number of aromatic amines is 1. The van der Waals surface area contributed by atoms with Gasteiger partial charge < -0.3 is 14.5 Å². The fourth-order valence-electron chi connectivity index (χ4n) is 3.17. The van der Waals surface area contributed by atoms with Gasteiger partial charge in [-0.2, -0.15) is 5.10 Å². The van der Waals surface area contributed by atoms with Gasteiger partial charge in [0.1, 0.15) is 5.82 Å². The number of carbonyl (C=O) groups excluding carboxylic acids is 1. The zero-order valence-corrected chi connectivity index (χ0v) is 13.9. The molecule has 2 aromatic rings. The van der Waals surface area contributed by atoms with Gasteiger partial charge in [-0.15, -0.1) is 0 Å². The number of aromatic nitrogens is 3. The molecule has 1 saturated heterocycles. The molecule has 2 aliphatic heterocycles. The summed E-state index contributed by atoms with van der Waals surface area (Å²) in [7, 11) is 0. The van der Waals surface area contributed by atoms with Gasteiger partial charge in [-0.25, -0.2) is 4.98 Å². The van der Waals surface area contributed by atoms with Crippen molar-refractivity contribution in [2.75, 3.05) is 37.7 Å². The van der Waals surface area contributed by atoms with Crippen molar-refractivity contribution in [3.8, 4) is 0 Å². The topological polar surface area (TPSA) is 74.4 Å². The van der Waals surface area contributed by atoms with E-state index in [1.165, 1.54) is 0 Å². The lowest BCUT2D eigenvalue weighted by Gasteiger charge is -2.35. The first kappa shape index (κ1) is 15.4. The summed E-state index contributed by atoms with van der Waals surface area (Å²) in [5.74, 6) is 0.738. The molecular weight excluding hydrogens is 330 g/mol. The molecule has 126 valence electrons. The molecular formula is C16H18ClN5O2. The Bertz CT molecular complexity index is 755. The van der Waals surface area contributed by atoms with Crippen molar-refractivity contribution in [1.29, 1.82) is 0 Å². The van der Waals surface area contributed by atoms with Crippen molar-refractivity contribution in [2.45, 2.75) is 13.0 Å². The molecule has 0 aromatic carbocycles. The predicted octanol–water partition coefficient (Wildman–Crippen LogP) is 1.49. The Labute approximate surface area is 144 Å². The molecule has 1 fully saturated rings. The minimum absolute atomic E-state index is 0.0373. The quantitative estimate of drug-likeness (QED) is 0.891. The van der Waals surface area contributed by atoms with Crippen LogP contribution in [0.3, 0.4) is 0 Å².